The maximum atomic E-state index is 13.4. The molecule has 1 aromatic carbocycles. The molecule has 2 saturated heterocycles. The van der Waals surface area contributed by atoms with Crippen LogP contribution in [0.3, 0.4) is 0 Å². The molecule has 1 aromatic rings. The van der Waals surface area contributed by atoms with E-state index in [-0.39, 0.29) is 0 Å². The zero-order valence-electron chi connectivity index (χ0n) is 20.1. The minimum atomic E-state index is -0.751. The average Bonchev–Trinajstić information content (AvgIpc) is 2.86. The molecule has 5 saturated carbocycles. The van der Waals surface area contributed by atoms with E-state index in [0.717, 1.165) is 57.2 Å². The molecule has 0 unspecified atom stereocenters. The van der Waals surface area contributed by atoms with Gasteiger partial charge in [0.2, 0.25) is 11.6 Å². The quantitative estimate of drug-likeness (QED) is 0.503. The lowest BCUT2D eigenvalue weighted by Gasteiger charge is -2.60. The Kier molecular flexibility index (Phi) is 5.55. The van der Waals surface area contributed by atoms with Crippen LogP contribution in [0.25, 0.3) is 0 Å². The van der Waals surface area contributed by atoms with Crippen molar-refractivity contribution in [3.05, 3.63) is 35.4 Å². The molecule has 0 amide bonds. The van der Waals surface area contributed by atoms with Gasteiger partial charge in [-0.1, -0.05) is 24.3 Å². The van der Waals surface area contributed by atoms with E-state index >= 15 is 0 Å². The van der Waals surface area contributed by atoms with Gasteiger partial charge in [-0.2, -0.15) is 19.6 Å². The third-order valence-electron chi connectivity index (χ3n) is 10.0. The monoisotopic (exact) mass is 471 g/mol. The van der Waals surface area contributed by atoms with Crippen molar-refractivity contribution in [1.29, 1.82) is 0 Å². The van der Waals surface area contributed by atoms with Gasteiger partial charge < -0.3 is 0 Å². The number of likely N-dealkylation sites (tertiary alicyclic amines) is 1. The number of alkyl halides is 1. The standard InChI is InChI=1S/C28H38FNO4/c29-26-7-11-30(12-8-26)18-19-1-3-22(4-2-19)23-5-9-27(10-6-23)31-33-28(34-32-27)24-14-20-13-21(16-24)17-25(28)15-20/h1-4,20-21,23-26H,5-18H2. The van der Waals surface area contributed by atoms with Gasteiger partial charge in [0.1, 0.15) is 6.17 Å². The number of piperidine rings is 1. The SMILES string of the molecule is FC1CCN(Cc2ccc(C3CCC4(CC3)OOC3(OO4)C4CC5CC(C4)CC3C5)cc2)CC1. The van der Waals surface area contributed by atoms with Gasteiger partial charge in [-0.25, -0.2) is 4.39 Å². The molecule has 6 heteroatoms. The molecule has 186 valence electrons. The van der Waals surface area contributed by atoms with Crippen LogP contribution in [0.2, 0.25) is 0 Å². The summed E-state index contributed by atoms with van der Waals surface area (Å²) in [7, 11) is 0. The number of benzene rings is 1. The summed E-state index contributed by atoms with van der Waals surface area (Å²) < 4.78 is 13.4. The van der Waals surface area contributed by atoms with E-state index < -0.39 is 17.7 Å². The Morgan fingerprint density at radius 2 is 1.35 bits per heavy atom. The molecule has 5 nitrogen and oxygen atoms in total. The molecule has 2 spiro atoms. The molecule has 5 aliphatic carbocycles. The van der Waals surface area contributed by atoms with Crippen LogP contribution in [0, 0.1) is 23.7 Å². The summed E-state index contributed by atoms with van der Waals surface area (Å²) >= 11 is 0. The van der Waals surface area contributed by atoms with E-state index in [1.54, 1.807) is 0 Å². The normalized spacial score (nSPS) is 44.8. The van der Waals surface area contributed by atoms with Crippen LogP contribution in [0.15, 0.2) is 24.3 Å². The molecule has 2 aliphatic heterocycles. The maximum Gasteiger partial charge on any atom is 0.239 e. The molecule has 0 N–H and O–H groups in total. The predicted molar refractivity (Wildman–Crippen MR) is 124 cm³/mol. The van der Waals surface area contributed by atoms with Gasteiger partial charge in [-0.3, -0.25) is 4.90 Å². The first-order valence-electron chi connectivity index (χ1n) is 13.8. The lowest BCUT2D eigenvalue weighted by Crippen LogP contribution is -2.64. The summed E-state index contributed by atoms with van der Waals surface area (Å²) in [6, 6.07) is 9.05. The lowest BCUT2D eigenvalue weighted by molar-refractivity contribution is -0.680. The molecule has 2 heterocycles. The minimum Gasteiger partial charge on any atom is -0.299 e. The van der Waals surface area contributed by atoms with Gasteiger partial charge in [0.15, 0.2) is 0 Å². The van der Waals surface area contributed by atoms with Crippen molar-refractivity contribution < 1.29 is 23.9 Å². The van der Waals surface area contributed by atoms with Crippen LogP contribution in [-0.2, 0) is 26.1 Å². The van der Waals surface area contributed by atoms with Crippen molar-refractivity contribution in [1.82, 2.24) is 4.90 Å². The van der Waals surface area contributed by atoms with E-state index in [4.69, 9.17) is 19.6 Å². The summed E-state index contributed by atoms with van der Waals surface area (Å²) in [5, 5.41) is 0. The third-order valence-corrected chi connectivity index (χ3v) is 10.0. The van der Waals surface area contributed by atoms with Gasteiger partial charge in [0, 0.05) is 44.3 Å². The van der Waals surface area contributed by atoms with Crippen LogP contribution in [0.4, 0.5) is 4.39 Å². The zero-order valence-corrected chi connectivity index (χ0v) is 20.1. The smallest absolute Gasteiger partial charge is 0.239 e. The Morgan fingerprint density at radius 3 is 1.94 bits per heavy atom. The van der Waals surface area contributed by atoms with Gasteiger partial charge in [-0.05, 0) is 86.7 Å². The largest absolute Gasteiger partial charge is 0.299 e. The topological polar surface area (TPSA) is 40.2 Å². The Bertz CT molecular complexity index is 835. The number of hydrogen-bond acceptors (Lipinski definition) is 5. The van der Waals surface area contributed by atoms with Crippen molar-refractivity contribution >= 4 is 0 Å². The zero-order chi connectivity index (χ0) is 22.8. The molecule has 7 fully saturated rings. The van der Waals surface area contributed by atoms with E-state index in [1.807, 2.05) is 0 Å². The molecule has 8 rings (SSSR count). The van der Waals surface area contributed by atoms with Gasteiger partial charge >= 0.3 is 0 Å². The molecular formula is C28H38FNO4. The summed E-state index contributed by atoms with van der Waals surface area (Å²) in [4.78, 5) is 27.0. The Hall–Kier alpha value is -1.05. The summed E-state index contributed by atoms with van der Waals surface area (Å²) in [5.41, 5.74) is 2.70. The van der Waals surface area contributed by atoms with Crippen LogP contribution in [0.5, 0.6) is 0 Å². The Morgan fingerprint density at radius 1 is 0.765 bits per heavy atom. The van der Waals surface area contributed by atoms with Crippen molar-refractivity contribution in [2.45, 2.75) is 101 Å². The van der Waals surface area contributed by atoms with Crippen molar-refractivity contribution in [2.75, 3.05) is 13.1 Å². The molecule has 34 heavy (non-hydrogen) atoms. The van der Waals surface area contributed by atoms with Gasteiger partial charge in [0.05, 0.1) is 0 Å². The Labute approximate surface area is 202 Å². The van der Waals surface area contributed by atoms with Crippen LogP contribution < -0.4 is 0 Å². The fourth-order valence-electron chi connectivity index (χ4n) is 8.19. The molecular weight excluding hydrogens is 433 g/mol. The third kappa shape index (κ3) is 3.85. The van der Waals surface area contributed by atoms with Crippen molar-refractivity contribution in [3.63, 3.8) is 0 Å². The summed E-state index contributed by atoms with van der Waals surface area (Å²) in [6.07, 6.45) is 10.5. The van der Waals surface area contributed by atoms with Crippen LogP contribution >= 0.6 is 0 Å². The molecule has 4 bridgehead atoms. The van der Waals surface area contributed by atoms with Crippen molar-refractivity contribution in [3.8, 4) is 0 Å². The lowest BCUT2D eigenvalue weighted by atomic mass is 9.53. The first-order chi connectivity index (χ1) is 16.6. The highest BCUT2D eigenvalue weighted by molar-refractivity contribution is 5.26. The fourth-order valence-corrected chi connectivity index (χ4v) is 8.19. The van der Waals surface area contributed by atoms with E-state index in [0.29, 0.717) is 30.6 Å². The highest BCUT2D eigenvalue weighted by Crippen LogP contribution is 2.62. The van der Waals surface area contributed by atoms with E-state index in [2.05, 4.69) is 29.2 Å². The van der Waals surface area contributed by atoms with Gasteiger partial charge in [0.25, 0.3) is 0 Å². The molecule has 0 atom stereocenters. The second-order valence-electron chi connectivity index (χ2n) is 12.2. The summed E-state index contributed by atoms with van der Waals surface area (Å²) in [5.74, 6) is 1.62. The summed E-state index contributed by atoms with van der Waals surface area (Å²) in [6.45, 7) is 2.64. The molecule has 7 aliphatic rings. The van der Waals surface area contributed by atoms with E-state index in [1.165, 1.54) is 43.2 Å². The van der Waals surface area contributed by atoms with Crippen LogP contribution in [-0.4, -0.2) is 35.7 Å². The predicted octanol–water partition coefficient (Wildman–Crippen LogP) is 6.04. The first-order valence-corrected chi connectivity index (χ1v) is 13.8. The second-order valence-corrected chi connectivity index (χ2v) is 12.2. The maximum absolute atomic E-state index is 13.4. The number of nitrogens with zero attached hydrogens (tertiary/aromatic N) is 1. The highest BCUT2D eigenvalue weighted by Gasteiger charge is 2.64. The van der Waals surface area contributed by atoms with Crippen LogP contribution in [0.1, 0.15) is 87.7 Å². The second kappa shape index (κ2) is 8.52. The number of halogens is 1. The van der Waals surface area contributed by atoms with Crippen molar-refractivity contribution in [2.24, 2.45) is 23.7 Å². The number of hydrogen-bond donors (Lipinski definition) is 0. The molecule has 0 radical (unpaired) electrons. The number of rotatable bonds is 3. The fraction of sp³-hybridized carbons (Fsp3) is 0.786. The first kappa shape index (κ1) is 22.2. The van der Waals surface area contributed by atoms with E-state index in [9.17, 15) is 4.39 Å². The molecule has 0 aromatic heterocycles. The Balaban J connectivity index is 0.939. The minimum absolute atomic E-state index is 0.416. The highest BCUT2D eigenvalue weighted by atomic mass is 19.1. The van der Waals surface area contributed by atoms with Gasteiger partial charge in [-0.15, -0.1) is 0 Å². The average molecular weight is 472 g/mol.